The molecule has 60 valence electrons. The van der Waals surface area contributed by atoms with Gasteiger partial charge < -0.3 is 14.6 Å². The summed E-state index contributed by atoms with van der Waals surface area (Å²) in [4.78, 5) is 9.90. The van der Waals surface area contributed by atoms with Gasteiger partial charge in [-0.05, 0) is 6.42 Å². The predicted octanol–water partition coefficient (Wildman–Crippen LogP) is -0.246. The van der Waals surface area contributed by atoms with Crippen molar-refractivity contribution >= 4 is 5.97 Å². The minimum absolute atomic E-state index is 0.0212. The van der Waals surface area contributed by atoms with Crippen molar-refractivity contribution in [2.75, 3.05) is 0 Å². The van der Waals surface area contributed by atoms with Gasteiger partial charge in [0.15, 0.2) is 0 Å². The molecule has 0 aromatic rings. The van der Waals surface area contributed by atoms with E-state index in [1.165, 1.54) is 6.92 Å². The number of alkyl halides is 2. The first kappa shape index (κ1) is 9.29. The van der Waals surface area contributed by atoms with Crippen LogP contribution in [0.1, 0.15) is 13.3 Å². The van der Waals surface area contributed by atoms with Crippen LogP contribution in [-0.2, 0) is 9.53 Å². The standard InChI is InChI=1S/C5H8F2O3/c1-2-3(4(8)9)10-5(6)7/h3,5H,2H2,1H3,(H,8,9)/p-1. The molecule has 1 atom stereocenters. The molecule has 0 amide bonds. The molecule has 3 nitrogen and oxygen atoms in total. The van der Waals surface area contributed by atoms with Crippen LogP contribution < -0.4 is 5.11 Å². The summed E-state index contributed by atoms with van der Waals surface area (Å²) in [5.74, 6) is -1.61. The molecule has 0 saturated carbocycles. The molecule has 0 aromatic carbocycles. The zero-order chi connectivity index (χ0) is 8.15. The van der Waals surface area contributed by atoms with E-state index < -0.39 is 18.7 Å². The third-order valence-corrected chi connectivity index (χ3v) is 0.901. The Kier molecular flexibility index (Phi) is 3.87. The van der Waals surface area contributed by atoms with Gasteiger partial charge in [0.25, 0.3) is 0 Å². The molecule has 0 heterocycles. The highest BCUT2D eigenvalue weighted by atomic mass is 19.3. The number of aliphatic carboxylic acids is 1. The number of carboxylic acid groups (broad SMARTS) is 1. The van der Waals surface area contributed by atoms with Gasteiger partial charge in [-0.2, -0.15) is 8.78 Å². The summed E-state index contributed by atoms with van der Waals surface area (Å²) >= 11 is 0. The number of ether oxygens (including phenoxy) is 1. The minimum Gasteiger partial charge on any atom is -0.547 e. The van der Waals surface area contributed by atoms with Crippen LogP contribution in [0.5, 0.6) is 0 Å². The molecule has 0 fully saturated rings. The Balaban J connectivity index is 3.72. The van der Waals surface area contributed by atoms with E-state index in [1.807, 2.05) is 0 Å². The first-order chi connectivity index (χ1) is 4.57. The van der Waals surface area contributed by atoms with Gasteiger partial charge >= 0.3 is 6.61 Å². The Morgan fingerprint density at radius 1 is 1.70 bits per heavy atom. The van der Waals surface area contributed by atoms with Crippen LogP contribution in [0.4, 0.5) is 8.78 Å². The lowest BCUT2D eigenvalue weighted by molar-refractivity contribution is -0.324. The van der Waals surface area contributed by atoms with E-state index in [0.717, 1.165) is 0 Å². The number of hydrogen-bond donors (Lipinski definition) is 0. The number of carboxylic acids is 1. The van der Waals surface area contributed by atoms with Gasteiger partial charge in [-0.25, -0.2) is 0 Å². The highest BCUT2D eigenvalue weighted by molar-refractivity contribution is 5.69. The van der Waals surface area contributed by atoms with Crippen molar-refractivity contribution in [3.05, 3.63) is 0 Å². The van der Waals surface area contributed by atoms with Gasteiger partial charge in [-0.15, -0.1) is 0 Å². The number of carbonyl (C=O) groups excluding carboxylic acids is 1. The van der Waals surface area contributed by atoms with Gasteiger partial charge in [0, 0.05) is 0 Å². The number of hydrogen-bond acceptors (Lipinski definition) is 3. The molecule has 0 rings (SSSR count). The van der Waals surface area contributed by atoms with Gasteiger partial charge in [-0.1, -0.05) is 6.92 Å². The van der Waals surface area contributed by atoms with Crippen LogP contribution in [0.2, 0.25) is 0 Å². The van der Waals surface area contributed by atoms with Crippen LogP contribution in [0.3, 0.4) is 0 Å². The second kappa shape index (κ2) is 4.16. The van der Waals surface area contributed by atoms with E-state index in [-0.39, 0.29) is 6.42 Å². The van der Waals surface area contributed by atoms with Crippen LogP contribution in [0.25, 0.3) is 0 Å². The van der Waals surface area contributed by atoms with Gasteiger partial charge in [0.1, 0.15) is 6.10 Å². The van der Waals surface area contributed by atoms with Crippen molar-refractivity contribution in [2.45, 2.75) is 26.1 Å². The van der Waals surface area contributed by atoms with E-state index in [0.29, 0.717) is 0 Å². The Bertz CT molecular complexity index is 115. The van der Waals surface area contributed by atoms with Crippen molar-refractivity contribution < 1.29 is 23.4 Å². The smallest absolute Gasteiger partial charge is 0.345 e. The average Bonchev–Trinajstić information content (AvgIpc) is 1.81. The van der Waals surface area contributed by atoms with E-state index in [2.05, 4.69) is 4.74 Å². The predicted molar refractivity (Wildman–Crippen MR) is 26.2 cm³/mol. The summed E-state index contributed by atoms with van der Waals surface area (Å²) in [6, 6.07) is 0. The number of carbonyl (C=O) groups is 1. The lowest BCUT2D eigenvalue weighted by atomic mass is 10.3. The molecule has 0 spiro atoms. The number of halogens is 2. The molecule has 0 aliphatic carbocycles. The monoisotopic (exact) mass is 153 g/mol. The molecule has 1 unspecified atom stereocenters. The molecule has 10 heavy (non-hydrogen) atoms. The third kappa shape index (κ3) is 3.34. The average molecular weight is 153 g/mol. The fraction of sp³-hybridized carbons (Fsp3) is 0.800. The number of rotatable bonds is 4. The molecule has 0 aromatic heterocycles. The lowest BCUT2D eigenvalue weighted by Gasteiger charge is -2.15. The van der Waals surface area contributed by atoms with Crippen LogP contribution >= 0.6 is 0 Å². The fourth-order valence-corrected chi connectivity index (χ4v) is 0.443. The Morgan fingerprint density at radius 2 is 2.20 bits per heavy atom. The maximum absolute atomic E-state index is 11.3. The van der Waals surface area contributed by atoms with E-state index in [9.17, 15) is 18.7 Å². The maximum Gasteiger partial charge on any atom is 0.345 e. The molecular weight excluding hydrogens is 146 g/mol. The van der Waals surface area contributed by atoms with Crippen molar-refractivity contribution in [3.63, 3.8) is 0 Å². The normalized spacial score (nSPS) is 13.6. The molecule has 0 aliphatic heterocycles. The maximum atomic E-state index is 11.3. The summed E-state index contributed by atoms with van der Waals surface area (Å²) in [5, 5.41) is 9.90. The van der Waals surface area contributed by atoms with E-state index >= 15 is 0 Å². The van der Waals surface area contributed by atoms with Crippen LogP contribution in [-0.4, -0.2) is 18.7 Å². The van der Waals surface area contributed by atoms with Crippen LogP contribution in [0, 0.1) is 0 Å². The van der Waals surface area contributed by atoms with Crippen molar-refractivity contribution in [1.29, 1.82) is 0 Å². The fourth-order valence-electron chi connectivity index (χ4n) is 0.443. The second-order valence-electron chi connectivity index (χ2n) is 1.61. The molecular formula is C5H7F2O3-. The lowest BCUT2D eigenvalue weighted by Crippen LogP contribution is -2.38. The highest BCUT2D eigenvalue weighted by Crippen LogP contribution is 2.03. The summed E-state index contributed by atoms with van der Waals surface area (Å²) in [6.45, 7) is -1.63. The molecule has 0 aliphatic rings. The quantitative estimate of drug-likeness (QED) is 0.559. The topological polar surface area (TPSA) is 49.4 Å². The van der Waals surface area contributed by atoms with Crippen molar-refractivity contribution in [3.8, 4) is 0 Å². The first-order valence-corrected chi connectivity index (χ1v) is 2.72. The van der Waals surface area contributed by atoms with Gasteiger partial charge in [-0.3, -0.25) is 0 Å². The summed E-state index contributed by atoms with van der Waals surface area (Å²) in [5.41, 5.74) is 0. The van der Waals surface area contributed by atoms with Crippen molar-refractivity contribution in [1.82, 2.24) is 0 Å². The van der Waals surface area contributed by atoms with Gasteiger partial charge in [0.2, 0.25) is 0 Å². The van der Waals surface area contributed by atoms with Gasteiger partial charge in [0.05, 0.1) is 5.97 Å². The van der Waals surface area contributed by atoms with E-state index in [4.69, 9.17) is 0 Å². The third-order valence-electron chi connectivity index (χ3n) is 0.901. The summed E-state index contributed by atoms with van der Waals surface area (Å²) in [7, 11) is 0. The molecule has 0 saturated heterocycles. The minimum atomic E-state index is -3.05. The molecule has 0 N–H and O–H groups in total. The van der Waals surface area contributed by atoms with Crippen LogP contribution in [0.15, 0.2) is 0 Å². The molecule has 0 radical (unpaired) electrons. The summed E-state index contributed by atoms with van der Waals surface area (Å²) in [6.07, 6.45) is -1.52. The Morgan fingerprint density at radius 3 is 2.30 bits per heavy atom. The molecule has 0 bridgehead atoms. The zero-order valence-corrected chi connectivity index (χ0v) is 5.34. The van der Waals surface area contributed by atoms with Crippen molar-refractivity contribution in [2.24, 2.45) is 0 Å². The molecule has 5 heteroatoms. The zero-order valence-electron chi connectivity index (χ0n) is 5.34. The largest absolute Gasteiger partial charge is 0.547 e. The Labute approximate surface area is 56.6 Å². The summed E-state index contributed by atoms with van der Waals surface area (Å²) < 4.78 is 26.3. The second-order valence-corrected chi connectivity index (χ2v) is 1.61. The first-order valence-electron chi connectivity index (χ1n) is 2.72. The SMILES string of the molecule is CCC(OC(F)F)C(=O)[O-]. The highest BCUT2D eigenvalue weighted by Gasteiger charge is 2.13. The Hall–Kier alpha value is -0.710. The van der Waals surface area contributed by atoms with E-state index in [1.54, 1.807) is 0 Å².